The summed E-state index contributed by atoms with van der Waals surface area (Å²) in [6.45, 7) is 5.20. The minimum atomic E-state index is 0.174. The number of aromatic nitrogens is 2. The zero-order chi connectivity index (χ0) is 14.4. The third-order valence-electron chi connectivity index (χ3n) is 3.39. The van der Waals surface area contributed by atoms with Gasteiger partial charge in [0, 0.05) is 30.2 Å². The average molecular weight is 270 g/mol. The minimum Gasteiger partial charge on any atom is -0.383 e. The van der Waals surface area contributed by atoms with Gasteiger partial charge in [0.25, 0.3) is 0 Å². The van der Waals surface area contributed by atoms with E-state index in [4.69, 9.17) is 5.73 Å². The molecule has 2 heterocycles. The van der Waals surface area contributed by atoms with Gasteiger partial charge in [-0.15, -0.1) is 0 Å². The fourth-order valence-corrected chi connectivity index (χ4v) is 2.39. The number of rotatable bonds is 6. The van der Waals surface area contributed by atoms with Crippen molar-refractivity contribution in [3.8, 4) is 0 Å². The number of nitrogens with one attached hydrogen (secondary N) is 1. The Morgan fingerprint density at radius 2 is 2.15 bits per heavy atom. The molecule has 4 nitrogen and oxygen atoms in total. The number of pyridine rings is 2. The van der Waals surface area contributed by atoms with E-state index in [-0.39, 0.29) is 6.04 Å². The Labute approximate surface area is 120 Å². The van der Waals surface area contributed by atoms with Crippen molar-refractivity contribution in [3.05, 3.63) is 53.5 Å². The molecule has 0 amide bonds. The molecule has 0 fully saturated rings. The summed E-state index contributed by atoms with van der Waals surface area (Å²) in [5, 5.41) is 3.57. The van der Waals surface area contributed by atoms with E-state index in [0.717, 1.165) is 24.9 Å². The normalized spacial score (nSPS) is 12.3. The Balaban J connectivity index is 2.27. The zero-order valence-corrected chi connectivity index (χ0v) is 12.1. The van der Waals surface area contributed by atoms with Crippen LogP contribution in [0.3, 0.4) is 0 Å². The van der Waals surface area contributed by atoms with E-state index in [0.29, 0.717) is 5.82 Å². The molecule has 0 aliphatic carbocycles. The van der Waals surface area contributed by atoms with Crippen molar-refractivity contribution in [2.24, 2.45) is 0 Å². The van der Waals surface area contributed by atoms with Gasteiger partial charge in [0.15, 0.2) is 0 Å². The molecule has 4 heteroatoms. The van der Waals surface area contributed by atoms with Gasteiger partial charge in [-0.2, -0.15) is 0 Å². The Kier molecular flexibility index (Phi) is 5.07. The number of nitrogens with two attached hydrogens (primary N) is 1. The largest absolute Gasteiger partial charge is 0.383 e. The lowest BCUT2D eigenvalue weighted by Gasteiger charge is -2.22. The summed E-state index contributed by atoms with van der Waals surface area (Å²) < 4.78 is 0. The van der Waals surface area contributed by atoms with Crippen molar-refractivity contribution in [2.75, 3.05) is 12.3 Å². The van der Waals surface area contributed by atoms with E-state index in [9.17, 15) is 0 Å². The summed E-state index contributed by atoms with van der Waals surface area (Å²) in [6, 6.07) is 6.24. The van der Waals surface area contributed by atoms with Crippen LogP contribution in [0.2, 0.25) is 0 Å². The molecule has 2 aromatic rings. The first-order valence-electron chi connectivity index (χ1n) is 7.05. The lowest BCUT2D eigenvalue weighted by Crippen LogP contribution is -2.26. The van der Waals surface area contributed by atoms with E-state index in [1.807, 2.05) is 18.3 Å². The second kappa shape index (κ2) is 7.01. The molecule has 0 saturated carbocycles. The Hall–Kier alpha value is -1.94. The van der Waals surface area contributed by atoms with Gasteiger partial charge < -0.3 is 11.1 Å². The molecule has 0 radical (unpaired) electrons. The van der Waals surface area contributed by atoms with Crippen LogP contribution >= 0.6 is 0 Å². The van der Waals surface area contributed by atoms with E-state index in [1.165, 1.54) is 11.1 Å². The van der Waals surface area contributed by atoms with Gasteiger partial charge in [0.1, 0.15) is 5.82 Å². The molecule has 1 unspecified atom stereocenters. The van der Waals surface area contributed by atoms with Crippen molar-refractivity contribution in [2.45, 2.75) is 32.7 Å². The second-order valence-electron chi connectivity index (χ2n) is 5.00. The van der Waals surface area contributed by atoms with Gasteiger partial charge in [0.2, 0.25) is 0 Å². The molecule has 0 aromatic carbocycles. The highest BCUT2D eigenvalue weighted by atomic mass is 14.9. The summed E-state index contributed by atoms with van der Waals surface area (Å²) in [6.07, 6.45) is 7.41. The number of nitrogen functional groups attached to an aromatic ring is 1. The van der Waals surface area contributed by atoms with E-state index in [1.54, 1.807) is 12.4 Å². The van der Waals surface area contributed by atoms with Crippen LogP contribution in [-0.2, 0) is 6.42 Å². The maximum atomic E-state index is 6.08. The van der Waals surface area contributed by atoms with Gasteiger partial charge in [-0.3, -0.25) is 4.98 Å². The Morgan fingerprint density at radius 1 is 1.30 bits per heavy atom. The maximum absolute atomic E-state index is 6.08. The molecule has 0 aliphatic heterocycles. The van der Waals surface area contributed by atoms with Gasteiger partial charge in [0.05, 0.1) is 0 Å². The van der Waals surface area contributed by atoms with Crippen molar-refractivity contribution in [1.82, 2.24) is 15.3 Å². The Morgan fingerprint density at radius 3 is 2.80 bits per heavy atom. The van der Waals surface area contributed by atoms with Gasteiger partial charge in [-0.25, -0.2) is 4.98 Å². The van der Waals surface area contributed by atoms with Crippen LogP contribution in [0.4, 0.5) is 5.82 Å². The predicted octanol–water partition coefficient (Wildman–Crippen LogP) is 2.65. The number of anilines is 1. The summed E-state index contributed by atoms with van der Waals surface area (Å²) in [5.74, 6) is 0.613. The highest BCUT2D eigenvalue weighted by molar-refractivity contribution is 5.46. The average Bonchev–Trinajstić information content (AvgIpc) is 2.45. The lowest BCUT2D eigenvalue weighted by molar-refractivity contribution is 0.527. The molecule has 1 atom stereocenters. The molecule has 2 rings (SSSR count). The van der Waals surface area contributed by atoms with Crippen LogP contribution < -0.4 is 11.1 Å². The first-order chi connectivity index (χ1) is 9.72. The molecular formula is C16H22N4. The van der Waals surface area contributed by atoms with Crippen molar-refractivity contribution in [1.29, 1.82) is 0 Å². The predicted molar refractivity (Wildman–Crippen MR) is 82.4 cm³/mol. The van der Waals surface area contributed by atoms with Crippen LogP contribution in [0.1, 0.15) is 36.1 Å². The van der Waals surface area contributed by atoms with E-state index in [2.05, 4.69) is 35.2 Å². The molecule has 106 valence electrons. The molecular weight excluding hydrogens is 248 g/mol. The van der Waals surface area contributed by atoms with Crippen LogP contribution in [0.5, 0.6) is 0 Å². The molecule has 0 bridgehead atoms. The number of nitrogens with zero attached hydrogens (tertiary/aromatic N) is 2. The summed E-state index contributed by atoms with van der Waals surface area (Å²) >= 11 is 0. The van der Waals surface area contributed by atoms with Gasteiger partial charge in [-0.1, -0.05) is 13.0 Å². The number of hydrogen-bond donors (Lipinski definition) is 2. The first kappa shape index (κ1) is 14.5. The molecule has 0 aliphatic rings. The highest BCUT2D eigenvalue weighted by Gasteiger charge is 2.17. The Bertz CT molecular complexity index is 519. The summed E-state index contributed by atoms with van der Waals surface area (Å²) in [5.41, 5.74) is 9.56. The zero-order valence-electron chi connectivity index (χ0n) is 12.1. The fraction of sp³-hybridized carbons (Fsp3) is 0.375. The highest BCUT2D eigenvalue weighted by Crippen LogP contribution is 2.25. The smallest absolute Gasteiger partial charge is 0.128 e. The minimum absolute atomic E-state index is 0.174. The summed E-state index contributed by atoms with van der Waals surface area (Å²) in [4.78, 5) is 8.41. The SMILES string of the molecule is CCCNC(Cc1cccnc1)c1c(C)ccnc1N. The standard InChI is InChI=1S/C16H22N4/c1-3-7-19-14(10-13-5-4-8-18-11-13)15-12(2)6-9-20-16(15)17/h4-6,8-9,11,14,19H,3,7,10H2,1-2H3,(H2,17,20). The monoisotopic (exact) mass is 270 g/mol. The fourth-order valence-electron chi connectivity index (χ4n) is 2.39. The van der Waals surface area contributed by atoms with Crippen molar-refractivity contribution in [3.63, 3.8) is 0 Å². The number of aryl methyl sites for hydroxylation is 1. The first-order valence-corrected chi connectivity index (χ1v) is 7.05. The second-order valence-corrected chi connectivity index (χ2v) is 5.00. The van der Waals surface area contributed by atoms with Crippen LogP contribution in [-0.4, -0.2) is 16.5 Å². The van der Waals surface area contributed by atoms with Crippen molar-refractivity contribution < 1.29 is 0 Å². The third kappa shape index (κ3) is 3.54. The van der Waals surface area contributed by atoms with Crippen LogP contribution in [0.15, 0.2) is 36.8 Å². The topological polar surface area (TPSA) is 63.8 Å². The molecule has 2 aromatic heterocycles. The van der Waals surface area contributed by atoms with Crippen molar-refractivity contribution >= 4 is 5.82 Å². The van der Waals surface area contributed by atoms with Crippen LogP contribution in [0, 0.1) is 6.92 Å². The lowest BCUT2D eigenvalue weighted by atomic mass is 9.96. The molecule has 0 saturated heterocycles. The van der Waals surface area contributed by atoms with E-state index < -0.39 is 0 Å². The van der Waals surface area contributed by atoms with E-state index >= 15 is 0 Å². The van der Waals surface area contributed by atoms with Gasteiger partial charge in [-0.05, 0) is 49.6 Å². The quantitative estimate of drug-likeness (QED) is 0.847. The summed E-state index contributed by atoms with van der Waals surface area (Å²) in [7, 11) is 0. The number of hydrogen-bond acceptors (Lipinski definition) is 4. The third-order valence-corrected chi connectivity index (χ3v) is 3.39. The molecule has 0 spiro atoms. The molecule has 20 heavy (non-hydrogen) atoms. The van der Waals surface area contributed by atoms with Crippen LogP contribution in [0.25, 0.3) is 0 Å². The molecule has 3 N–H and O–H groups in total. The van der Waals surface area contributed by atoms with Gasteiger partial charge >= 0.3 is 0 Å². The maximum Gasteiger partial charge on any atom is 0.128 e.